The minimum Gasteiger partial charge on any atom is -0.461 e. The predicted octanol–water partition coefficient (Wildman–Crippen LogP) is 2.85. The van der Waals surface area contributed by atoms with Crippen LogP contribution >= 0.6 is 0 Å². The molecule has 14 heavy (non-hydrogen) atoms. The monoisotopic (exact) mass is 194 g/mol. The molecule has 1 atom stereocenters. The maximum atomic E-state index is 11.6. The second kappa shape index (κ2) is 5.63. The normalized spacial score (nSPS) is 22.1. The minimum atomic E-state index is -0.0699. The van der Waals surface area contributed by atoms with E-state index in [2.05, 4.69) is 19.6 Å². The van der Waals surface area contributed by atoms with E-state index in [9.17, 15) is 4.79 Å². The van der Waals surface area contributed by atoms with Crippen molar-refractivity contribution in [2.45, 2.75) is 32.6 Å². The fourth-order valence-corrected chi connectivity index (χ4v) is 1.75. The number of esters is 1. The smallest absolute Gasteiger partial charge is 0.309 e. The molecule has 0 spiro atoms. The minimum absolute atomic E-state index is 0.0636. The number of rotatable bonds is 3. The van der Waals surface area contributed by atoms with Gasteiger partial charge in [-0.3, -0.25) is 4.79 Å². The Bertz CT molecular complexity index is 241. The summed E-state index contributed by atoms with van der Waals surface area (Å²) in [6, 6.07) is 0. The van der Waals surface area contributed by atoms with Gasteiger partial charge in [-0.2, -0.15) is 0 Å². The summed E-state index contributed by atoms with van der Waals surface area (Å²) in [6.07, 6.45) is 7.82. The zero-order chi connectivity index (χ0) is 10.4. The van der Waals surface area contributed by atoms with Crippen molar-refractivity contribution < 1.29 is 9.53 Å². The average Bonchev–Trinajstić information content (AvgIpc) is 2.39. The Hall–Kier alpha value is -1.05. The summed E-state index contributed by atoms with van der Waals surface area (Å²) in [5.74, 6) is -0.00625. The molecule has 0 aromatic rings. The van der Waals surface area contributed by atoms with Gasteiger partial charge >= 0.3 is 5.97 Å². The highest BCUT2D eigenvalue weighted by atomic mass is 16.5. The van der Waals surface area contributed by atoms with Crippen molar-refractivity contribution in [1.29, 1.82) is 0 Å². The Balaban J connectivity index is 2.45. The zero-order valence-corrected chi connectivity index (χ0v) is 8.79. The molecular weight excluding hydrogens is 176 g/mol. The van der Waals surface area contributed by atoms with Crippen molar-refractivity contribution in [3.05, 3.63) is 24.3 Å². The van der Waals surface area contributed by atoms with Gasteiger partial charge in [0.2, 0.25) is 0 Å². The van der Waals surface area contributed by atoms with Crippen LogP contribution in [0.5, 0.6) is 0 Å². The summed E-state index contributed by atoms with van der Waals surface area (Å²) in [5, 5.41) is 0. The van der Waals surface area contributed by atoms with E-state index >= 15 is 0 Å². The van der Waals surface area contributed by atoms with Crippen LogP contribution in [0.1, 0.15) is 32.6 Å². The van der Waals surface area contributed by atoms with E-state index in [0.29, 0.717) is 6.61 Å². The number of carbonyl (C=O) groups is 1. The lowest BCUT2D eigenvalue weighted by molar-refractivity contribution is -0.147. The number of carbonyl (C=O) groups excluding carboxylic acids is 1. The van der Waals surface area contributed by atoms with Crippen LogP contribution in [0.3, 0.4) is 0 Å². The van der Waals surface area contributed by atoms with Crippen molar-refractivity contribution in [2.24, 2.45) is 5.92 Å². The van der Waals surface area contributed by atoms with Gasteiger partial charge in [-0.15, -0.1) is 0 Å². The summed E-state index contributed by atoms with van der Waals surface area (Å²) >= 11 is 0. The molecule has 0 amide bonds. The van der Waals surface area contributed by atoms with Gasteiger partial charge in [0.15, 0.2) is 0 Å². The van der Waals surface area contributed by atoms with Crippen LogP contribution in [-0.2, 0) is 9.53 Å². The number of allylic oxidation sites excluding steroid dienone is 2. The van der Waals surface area contributed by atoms with Crippen molar-refractivity contribution >= 4 is 5.97 Å². The molecular formula is C12H18O2. The molecule has 1 unspecified atom stereocenters. The van der Waals surface area contributed by atoms with E-state index < -0.39 is 0 Å². The van der Waals surface area contributed by atoms with E-state index in [4.69, 9.17) is 4.74 Å². The Labute approximate surface area is 85.6 Å². The first-order chi connectivity index (χ1) is 6.74. The third-order valence-electron chi connectivity index (χ3n) is 2.49. The van der Waals surface area contributed by atoms with Crippen molar-refractivity contribution in [3.63, 3.8) is 0 Å². The van der Waals surface area contributed by atoms with Crippen molar-refractivity contribution in [1.82, 2.24) is 0 Å². The first-order valence-corrected chi connectivity index (χ1v) is 5.17. The van der Waals surface area contributed by atoms with Gasteiger partial charge in [-0.1, -0.05) is 24.3 Å². The van der Waals surface area contributed by atoms with Gasteiger partial charge in [-0.05, 0) is 32.6 Å². The SMILES string of the molecule is C=CCOC(=O)C1CCCC=C(C)C1. The van der Waals surface area contributed by atoms with E-state index in [-0.39, 0.29) is 11.9 Å². The largest absolute Gasteiger partial charge is 0.461 e. The van der Waals surface area contributed by atoms with E-state index in [0.717, 1.165) is 25.7 Å². The van der Waals surface area contributed by atoms with Gasteiger partial charge in [0.25, 0.3) is 0 Å². The molecule has 1 rings (SSSR count). The summed E-state index contributed by atoms with van der Waals surface area (Å²) in [6.45, 7) is 5.94. The van der Waals surface area contributed by atoms with Gasteiger partial charge in [0, 0.05) is 0 Å². The van der Waals surface area contributed by atoms with Gasteiger partial charge < -0.3 is 4.74 Å². The quantitative estimate of drug-likeness (QED) is 0.510. The Kier molecular flexibility index (Phi) is 4.44. The highest BCUT2D eigenvalue weighted by Gasteiger charge is 2.21. The van der Waals surface area contributed by atoms with Gasteiger partial charge in [0.1, 0.15) is 6.61 Å². The van der Waals surface area contributed by atoms with Crippen LogP contribution < -0.4 is 0 Å². The number of ether oxygens (including phenoxy) is 1. The Morgan fingerprint density at radius 2 is 2.57 bits per heavy atom. The summed E-state index contributed by atoms with van der Waals surface area (Å²) in [4.78, 5) is 11.6. The molecule has 2 nitrogen and oxygen atoms in total. The van der Waals surface area contributed by atoms with Crippen LogP contribution in [0, 0.1) is 5.92 Å². The maximum Gasteiger partial charge on any atom is 0.309 e. The van der Waals surface area contributed by atoms with Crippen LogP contribution in [-0.4, -0.2) is 12.6 Å². The van der Waals surface area contributed by atoms with Crippen molar-refractivity contribution in [3.8, 4) is 0 Å². The molecule has 0 aromatic carbocycles. The number of hydrogen-bond donors (Lipinski definition) is 0. The molecule has 0 heterocycles. The topological polar surface area (TPSA) is 26.3 Å². The molecule has 1 aliphatic rings. The van der Waals surface area contributed by atoms with Crippen LogP contribution in [0.15, 0.2) is 24.3 Å². The molecule has 0 saturated heterocycles. The van der Waals surface area contributed by atoms with Crippen LogP contribution in [0.2, 0.25) is 0 Å². The lowest BCUT2D eigenvalue weighted by Crippen LogP contribution is -2.17. The zero-order valence-electron chi connectivity index (χ0n) is 8.79. The van der Waals surface area contributed by atoms with E-state index in [1.54, 1.807) is 6.08 Å². The molecule has 1 aliphatic carbocycles. The second-order valence-corrected chi connectivity index (χ2v) is 3.80. The van der Waals surface area contributed by atoms with Gasteiger partial charge in [0.05, 0.1) is 5.92 Å². The van der Waals surface area contributed by atoms with E-state index in [1.807, 2.05) is 0 Å². The third kappa shape index (κ3) is 3.36. The van der Waals surface area contributed by atoms with Crippen LogP contribution in [0.25, 0.3) is 0 Å². The lowest BCUT2D eigenvalue weighted by atomic mass is 9.98. The van der Waals surface area contributed by atoms with Gasteiger partial charge in [-0.25, -0.2) is 0 Å². The first kappa shape index (κ1) is 11.0. The summed E-state index contributed by atoms with van der Waals surface area (Å²) in [7, 11) is 0. The highest BCUT2D eigenvalue weighted by Crippen LogP contribution is 2.23. The molecule has 2 heteroatoms. The predicted molar refractivity (Wildman–Crippen MR) is 56.9 cm³/mol. The standard InChI is InChI=1S/C12H18O2/c1-3-8-14-12(13)11-7-5-4-6-10(2)9-11/h3,6,11H,1,4-5,7-9H2,2H3. The fourth-order valence-electron chi connectivity index (χ4n) is 1.75. The second-order valence-electron chi connectivity index (χ2n) is 3.80. The lowest BCUT2D eigenvalue weighted by Gasteiger charge is -2.12. The summed E-state index contributed by atoms with van der Waals surface area (Å²) in [5.41, 5.74) is 1.31. The summed E-state index contributed by atoms with van der Waals surface area (Å²) < 4.78 is 5.05. The molecule has 0 saturated carbocycles. The Morgan fingerprint density at radius 1 is 1.79 bits per heavy atom. The molecule has 0 fully saturated rings. The first-order valence-electron chi connectivity index (χ1n) is 5.17. The molecule has 0 aromatic heterocycles. The maximum absolute atomic E-state index is 11.6. The highest BCUT2D eigenvalue weighted by molar-refractivity contribution is 5.72. The fraction of sp³-hybridized carbons (Fsp3) is 0.583. The van der Waals surface area contributed by atoms with Crippen molar-refractivity contribution in [2.75, 3.05) is 6.61 Å². The Morgan fingerprint density at radius 3 is 3.29 bits per heavy atom. The third-order valence-corrected chi connectivity index (χ3v) is 2.49. The molecule has 0 aliphatic heterocycles. The molecule has 0 bridgehead atoms. The molecule has 0 N–H and O–H groups in total. The average molecular weight is 194 g/mol. The molecule has 78 valence electrons. The van der Waals surface area contributed by atoms with Crippen LogP contribution in [0.4, 0.5) is 0 Å². The van der Waals surface area contributed by atoms with E-state index in [1.165, 1.54) is 5.57 Å². The number of hydrogen-bond acceptors (Lipinski definition) is 2. The molecule has 0 radical (unpaired) electrons.